The van der Waals surface area contributed by atoms with Gasteiger partial charge in [0.1, 0.15) is 12.1 Å². The highest BCUT2D eigenvalue weighted by Crippen LogP contribution is 2.25. The average molecular weight is 450 g/mol. The van der Waals surface area contributed by atoms with Crippen LogP contribution in [0, 0.1) is 0 Å². The van der Waals surface area contributed by atoms with Gasteiger partial charge in [-0.3, -0.25) is 4.79 Å². The molecule has 32 heavy (non-hydrogen) atoms. The molecule has 1 aliphatic rings. The maximum Gasteiger partial charge on any atom is 0.253 e. The van der Waals surface area contributed by atoms with Gasteiger partial charge in [-0.25, -0.2) is 9.97 Å². The summed E-state index contributed by atoms with van der Waals surface area (Å²) in [5, 5.41) is 9.25. The van der Waals surface area contributed by atoms with Crippen molar-refractivity contribution in [2.75, 3.05) is 38.2 Å². The highest BCUT2D eigenvalue weighted by Gasteiger charge is 2.25. The minimum Gasteiger partial charge on any atom is -0.497 e. The monoisotopic (exact) mass is 449 g/mol. The SMILES string of the molecule is COc1cccc(-n2nnc3c(N4CCN(C(=O)c5ccc(Cl)cc5)CC4)ncnc32)c1. The Hall–Kier alpha value is -3.72. The van der Waals surface area contributed by atoms with Crippen LogP contribution in [0.25, 0.3) is 16.9 Å². The molecule has 0 N–H and O–H groups in total. The molecule has 0 bridgehead atoms. The van der Waals surface area contributed by atoms with Crippen molar-refractivity contribution in [1.29, 1.82) is 0 Å². The van der Waals surface area contributed by atoms with Crippen molar-refractivity contribution < 1.29 is 9.53 Å². The summed E-state index contributed by atoms with van der Waals surface area (Å²) < 4.78 is 6.98. The van der Waals surface area contributed by atoms with Gasteiger partial charge in [0.2, 0.25) is 0 Å². The van der Waals surface area contributed by atoms with E-state index in [2.05, 4.69) is 25.2 Å². The maximum atomic E-state index is 12.8. The van der Waals surface area contributed by atoms with Gasteiger partial charge in [-0.2, -0.15) is 4.68 Å². The van der Waals surface area contributed by atoms with Crippen molar-refractivity contribution in [2.45, 2.75) is 0 Å². The molecule has 0 saturated carbocycles. The van der Waals surface area contributed by atoms with E-state index in [4.69, 9.17) is 16.3 Å². The molecule has 0 radical (unpaired) electrons. The Labute approximate surface area is 189 Å². The zero-order chi connectivity index (χ0) is 22.1. The largest absolute Gasteiger partial charge is 0.497 e. The lowest BCUT2D eigenvalue weighted by molar-refractivity contribution is 0.0746. The van der Waals surface area contributed by atoms with E-state index in [0.29, 0.717) is 53.7 Å². The molecule has 4 aromatic rings. The first-order valence-corrected chi connectivity index (χ1v) is 10.5. The number of carbonyl (C=O) groups is 1. The van der Waals surface area contributed by atoms with Crippen molar-refractivity contribution in [2.24, 2.45) is 0 Å². The minimum absolute atomic E-state index is 0.00174. The van der Waals surface area contributed by atoms with Gasteiger partial charge in [-0.15, -0.1) is 5.10 Å². The predicted octanol–water partition coefficient (Wildman–Crippen LogP) is 2.83. The van der Waals surface area contributed by atoms with Crippen LogP contribution in [-0.2, 0) is 0 Å². The first-order chi connectivity index (χ1) is 15.6. The molecule has 5 rings (SSSR count). The number of piperazine rings is 1. The van der Waals surface area contributed by atoms with Gasteiger partial charge < -0.3 is 14.5 Å². The maximum absolute atomic E-state index is 12.8. The number of carbonyl (C=O) groups excluding carboxylic acids is 1. The molecule has 0 unspecified atom stereocenters. The molecule has 0 atom stereocenters. The molecule has 1 aliphatic heterocycles. The standard InChI is InChI=1S/C22H20ClN7O2/c1-32-18-4-2-3-17(13-18)30-21-19(26-27-30)20(24-14-25-21)28-9-11-29(12-10-28)22(31)15-5-7-16(23)8-6-15/h2-8,13-14H,9-12H2,1H3. The van der Waals surface area contributed by atoms with E-state index >= 15 is 0 Å². The molecule has 2 aromatic carbocycles. The Morgan fingerprint density at radius 2 is 1.81 bits per heavy atom. The molecular weight excluding hydrogens is 430 g/mol. The summed E-state index contributed by atoms with van der Waals surface area (Å²) in [6.07, 6.45) is 1.52. The van der Waals surface area contributed by atoms with Gasteiger partial charge in [-0.05, 0) is 36.4 Å². The summed E-state index contributed by atoms with van der Waals surface area (Å²) in [6, 6.07) is 14.5. The number of amides is 1. The smallest absolute Gasteiger partial charge is 0.253 e. The number of fused-ring (bicyclic) bond motifs is 1. The lowest BCUT2D eigenvalue weighted by atomic mass is 10.2. The topological polar surface area (TPSA) is 89.3 Å². The van der Waals surface area contributed by atoms with E-state index < -0.39 is 0 Å². The summed E-state index contributed by atoms with van der Waals surface area (Å²) in [5.41, 5.74) is 2.67. The number of rotatable bonds is 4. The molecule has 3 heterocycles. The number of methoxy groups -OCH3 is 1. The van der Waals surface area contributed by atoms with E-state index in [1.807, 2.05) is 29.2 Å². The van der Waals surface area contributed by atoms with Gasteiger partial charge in [0.25, 0.3) is 5.91 Å². The van der Waals surface area contributed by atoms with Gasteiger partial charge in [-0.1, -0.05) is 22.9 Å². The van der Waals surface area contributed by atoms with Gasteiger partial charge in [0, 0.05) is 42.8 Å². The highest BCUT2D eigenvalue weighted by atomic mass is 35.5. The molecule has 162 valence electrons. The van der Waals surface area contributed by atoms with Crippen LogP contribution in [0.1, 0.15) is 10.4 Å². The number of aromatic nitrogens is 5. The third-order valence-electron chi connectivity index (χ3n) is 5.47. The Morgan fingerprint density at radius 3 is 2.56 bits per heavy atom. The summed E-state index contributed by atoms with van der Waals surface area (Å²) in [5.74, 6) is 1.43. The predicted molar refractivity (Wildman–Crippen MR) is 121 cm³/mol. The van der Waals surface area contributed by atoms with Crippen LogP contribution in [0.4, 0.5) is 5.82 Å². The van der Waals surface area contributed by atoms with Crippen molar-refractivity contribution in [3.63, 3.8) is 0 Å². The van der Waals surface area contributed by atoms with Gasteiger partial charge in [0.15, 0.2) is 17.0 Å². The molecule has 10 heteroatoms. The van der Waals surface area contributed by atoms with Crippen molar-refractivity contribution >= 4 is 34.5 Å². The number of hydrogen-bond acceptors (Lipinski definition) is 7. The Morgan fingerprint density at radius 1 is 1.03 bits per heavy atom. The van der Waals surface area contributed by atoms with Crippen molar-refractivity contribution in [3.8, 4) is 11.4 Å². The van der Waals surface area contributed by atoms with Gasteiger partial charge in [0.05, 0.1) is 12.8 Å². The summed E-state index contributed by atoms with van der Waals surface area (Å²) >= 11 is 5.93. The lowest BCUT2D eigenvalue weighted by Crippen LogP contribution is -2.49. The molecule has 0 aliphatic carbocycles. The number of ether oxygens (including phenoxy) is 1. The Kier molecular flexibility index (Phi) is 5.32. The number of nitrogens with zero attached hydrogens (tertiary/aromatic N) is 7. The summed E-state index contributed by atoms with van der Waals surface area (Å²) in [6.45, 7) is 2.43. The fraction of sp³-hybridized carbons (Fsp3) is 0.227. The molecule has 2 aromatic heterocycles. The van der Waals surface area contributed by atoms with Crippen molar-refractivity contribution in [3.05, 3.63) is 65.4 Å². The van der Waals surface area contributed by atoms with E-state index in [1.165, 1.54) is 6.33 Å². The fourth-order valence-corrected chi connectivity index (χ4v) is 3.91. The summed E-state index contributed by atoms with van der Waals surface area (Å²) in [4.78, 5) is 25.6. The molecular formula is C22H20ClN7O2. The molecule has 0 spiro atoms. The van der Waals surface area contributed by atoms with Crippen molar-refractivity contribution in [1.82, 2.24) is 29.9 Å². The van der Waals surface area contributed by atoms with Crippen LogP contribution in [0.5, 0.6) is 5.75 Å². The quantitative estimate of drug-likeness (QED) is 0.473. The molecule has 9 nitrogen and oxygen atoms in total. The van der Waals surface area contributed by atoms with Crippen LogP contribution < -0.4 is 9.64 Å². The third kappa shape index (κ3) is 3.71. The minimum atomic E-state index is -0.00174. The van der Waals surface area contributed by atoms with E-state index in [-0.39, 0.29) is 5.91 Å². The molecule has 1 fully saturated rings. The van der Waals surface area contributed by atoms with E-state index in [0.717, 1.165) is 11.4 Å². The van der Waals surface area contributed by atoms with E-state index in [9.17, 15) is 4.79 Å². The van der Waals surface area contributed by atoms with Gasteiger partial charge >= 0.3 is 0 Å². The number of anilines is 1. The number of halogens is 1. The molecule has 1 amide bonds. The normalized spacial score (nSPS) is 14.1. The fourth-order valence-electron chi connectivity index (χ4n) is 3.78. The van der Waals surface area contributed by atoms with Crippen LogP contribution in [0.3, 0.4) is 0 Å². The second-order valence-electron chi connectivity index (χ2n) is 7.36. The Balaban J connectivity index is 1.36. The highest BCUT2D eigenvalue weighted by molar-refractivity contribution is 6.30. The van der Waals surface area contributed by atoms with Crippen LogP contribution in [-0.4, -0.2) is 69.1 Å². The average Bonchev–Trinajstić information content (AvgIpc) is 3.29. The Bertz CT molecular complexity index is 1270. The first-order valence-electron chi connectivity index (χ1n) is 10.1. The summed E-state index contributed by atoms with van der Waals surface area (Å²) in [7, 11) is 1.62. The van der Waals surface area contributed by atoms with Crippen LogP contribution in [0.15, 0.2) is 54.9 Å². The number of benzene rings is 2. The second kappa shape index (κ2) is 8.43. The van der Waals surface area contributed by atoms with E-state index in [1.54, 1.807) is 36.1 Å². The van der Waals surface area contributed by atoms with Crippen LogP contribution in [0.2, 0.25) is 5.02 Å². The zero-order valence-electron chi connectivity index (χ0n) is 17.3. The third-order valence-corrected chi connectivity index (χ3v) is 5.73. The zero-order valence-corrected chi connectivity index (χ0v) is 18.1. The second-order valence-corrected chi connectivity index (χ2v) is 7.79. The first kappa shape index (κ1) is 20.2. The molecule has 1 saturated heterocycles. The number of hydrogen-bond donors (Lipinski definition) is 0. The lowest BCUT2D eigenvalue weighted by Gasteiger charge is -2.35. The van der Waals surface area contributed by atoms with Crippen LogP contribution >= 0.6 is 11.6 Å².